The molecule has 42 heavy (non-hydrogen) atoms. The lowest BCUT2D eigenvalue weighted by Gasteiger charge is -2.31. The molecule has 1 aliphatic rings. The minimum Gasteiger partial charge on any atom is -0.444 e. The first kappa shape index (κ1) is 30.7. The molecule has 0 aliphatic heterocycles. The van der Waals surface area contributed by atoms with E-state index in [0.29, 0.717) is 54.1 Å². The zero-order valence-electron chi connectivity index (χ0n) is 23.9. The smallest absolute Gasteiger partial charge is 0.407 e. The molecule has 0 spiro atoms. The zero-order chi connectivity index (χ0) is 30.1. The van der Waals surface area contributed by atoms with Gasteiger partial charge in [-0.1, -0.05) is 41.9 Å². The number of carbonyl (C=O) groups excluding carboxylic acids is 3. The number of hydrogen-bond acceptors (Lipinski definition) is 7. The van der Waals surface area contributed by atoms with E-state index in [-0.39, 0.29) is 18.0 Å². The number of H-pyrrole nitrogens is 1. The predicted octanol–water partition coefficient (Wildman–Crippen LogP) is 4.21. The van der Waals surface area contributed by atoms with Gasteiger partial charge in [0.05, 0.1) is 0 Å². The van der Waals surface area contributed by atoms with Crippen molar-refractivity contribution in [1.29, 1.82) is 0 Å². The van der Waals surface area contributed by atoms with E-state index in [9.17, 15) is 14.4 Å². The SMILES string of the molecule is CC(C)(C)OC(=O)NC1CCC(NC(=O)[C@H](Cc2ccccc2)NC(=O)/C=C/c2cc(Cl)ccc2-c2nn[nH]n2)CC1. The minimum atomic E-state index is -0.793. The summed E-state index contributed by atoms with van der Waals surface area (Å²) in [5, 5.41) is 23.4. The highest BCUT2D eigenvalue weighted by Crippen LogP contribution is 2.24. The van der Waals surface area contributed by atoms with Gasteiger partial charge in [-0.25, -0.2) is 4.79 Å². The number of nitrogens with zero attached hydrogens (tertiary/aromatic N) is 3. The highest BCUT2D eigenvalue weighted by atomic mass is 35.5. The van der Waals surface area contributed by atoms with Crippen LogP contribution in [-0.2, 0) is 20.7 Å². The molecule has 11 nitrogen and oxygen atoms in total. The van der Waals surface area contributed by atoms with Crippen LogP contribution in [0.2, 0.25) is 5.02 Å². The number of hydrogen-bond donors (Lipinski definition) is 4. The van der Waals surface area contributed by atoms with Crippen molar-refractivity contribution in [2.75, 3.05) is 0 Å². The van der Waals surface area contributed by atoms with Gasteiger partial charge in [-0.05, 0) is 87.1 Å². The number of rotatable bonds is 9. The summed E-state index contributed by atoms with van der Waals surface area (Å²) in [5.41, 5.74) is 1.63. The summed E-state index contributed by atoms with van der Waals surface area (Å²) in [7, 11) is 0. The second kappa shape index (κ2) is 14.1. The first-order chi connectivity index (χ1) is 20.1. The number of amides is 3. The number of alkyl carbamates (subject to hydrolysis) is 1. The molecule has 1 aromatic heterocycles. The summed E-state index contributed by atoms with van der Waals surface area (Å²) in [4.78, 5) is 38.6. The van der Waals surface area contributed by atoms with E-state index in [0.717, 1.165) is 5.56 Å². The van der Waals surface area contributed by atoms with Crippen molar-refractivity contribution >= 4 is 35.6 Å². The second-order valence-corrected chi connectivity index (χ2v) is 11.7. The van der Waals surface area contributed by atoms with Crippen LogP contribution in [0.25, 0.3) is 17.5 Å². The van der Waals surface area contributed by atoms with Crippen molar-refractivity contribution in [1.82, 2.24) is 36.6 Å². The molecule has 0 unspecified atom stereocenters. The molecule has 0 bridgehead atoms. The van der Waals surface area contributed by atoms with Crippen molar-refractivity contribution in [2.45, 2.75) is 76.6 Å². The van der Waals surface area contributed by atoms with Crippen molar-refractivity contribution in [3.8, 4) is 11.4 Å². The maximum absolute atomic E-state index is 13.4. The third-order valence-corrected chi connectivity index (χ3v) is 6.96. The Morgan fingerprint density at radius 3 is 2.38 bits per heavy atom. The van der Waals surface area contributed by atoms with Crippen molar-refractivity contribution < 1.29 is 19.1 Å². The lowest BCUT2D eigenvalue weighted by molar-refractivity contribution is -0.127. The summed E-state index contributed by atoms with van der Waals surface area (Å²) < 4.78 is 5.35. The lowest BCUT2D eigenvalue weighted by atomic mass is 9.91. The lowest BCUT2D eigenvalue weighted by Crippen LogP contribution is -2.52. The summed E-state index contributed by atoms with van der Waals surface area (Å²) in [6.07, 6.45) is 5.67. The Balaban J connectivity index is 1.38. The molecule has 0 radical (unpaired) electrons. The number of halogens is 1. The fourth-order valence-electron chi connectivity index (χ4n) is 4.75. The monoisotopic (exact) mass is 593 g/mol. The highest BCUT2D eigenvalue weighted by molar-refractivity contribution is 6.30. The van der Waals surface area contributed by atoms with Gasteiger partial charge in [-0.3, -0.25) is 9.59 Å². The molecule has 1 heterocycles. The van der Waals surface area contributed by atoms with Crippen molar-refractivity contribution in [2.24, 2.45) is 0 Å². The average molecular weight is 594 g/mol. The van der Waals surface area contributed by atoms with Gasteiger partial charge in [-0.15, -0.1) is 10.2 Å². The third kappa shape index (κ3) is 9.41. The highest BCUT2D eigenvalue weighted by Gasteiger charge is 2.28. The molecule has 4 rings (SSSR count). The molecule has 0 saturated heterocycles. The average Bonchev–Trinajstić information content (AvgIpc) is 3.47. The van der Waals surface area contributed by atoms with E-state index in [4.69, 9.17) is 16.3 Å². The van der Waals surface area contributed by atoms with E-state index in [1.165, 1.54) is 6.08 Å². The van der Waals surface area contributed by atoms with Crippen LogP contribution in [0.5, 0.6) is 0 Å². The molecular formula is C30H36ClN7O4. The Morgan fingerprint density at radius 2 is 1.74 bits per heavy atom. The molecule has 1 saturated carbocycles. The normalized spacial score (nSPS) is 17.8. The Morgan fingerprint density at radius 1 is 1.05 bits per heavy atom. The van der Waals surface area contributed by atoms with Crippen molar-refractivity contribution in [3.05, 3.63) is 70.8 Å². The van der Waals surface area contributed by atoms with Crippen LogP contribution >= 0.6 is 11.6 Å². The van der Waals surface area contributed by atoms with Gasteiger partial charge in [0.1, 0.15) is 11.6 Å². The first-order valence-electron chi connectivity index (χ1n) is 13.9. The fraction of sp³-hybridized carbons (Fsp3) is 0.400. The van der Waals surface area contributed by atoms with Gasteiger partial charge in [-0.2, -0.15) is 5.21 Å². The van der Waals surface area contributed by atoms with Gasteiger partial charge >= 0.3 is 6.09 Å². The van der Waals surface area contributed by atoms with Crippen LogP contribution in [0.3, 0.4) is 0 Å². The van der Waals surface area contributed by atoms with Gasteiger partial charge < -0.3 is 20.7 Å². The second-order valence-electron chi connectivity index (χ2n) is 11.3. The maximum atomic E-state index is 13.4. The third-order valence-electron chi connectivity index (χ3n) is 6.72. The van der Waals surface area contributed by atoms with Crippen LogP contribution in [-0.4, -0.2) is 62.3 Å². The van der Waals surface area contributed by atoms with E-state index in [2.05, 4.69) is 36.6 Å². The summed E-state index contributed by atoms with van der Waals surface area (Å²) in [6.45, 7) is 5.47. The van der Waals surface area contributed by atoms with Gasteiger partial charge in [0.15, 0.2) is 0 Å². The zero-order valence-corrected chi connectivity index (χ0v) is 24.6. The molecular weight excluding hydrogens is 558 g/mol. The van der Waals surface area contributed by atoms with E-state index in [1.807, 2.05) is 51.1 Å². The van der Waals surface area contributed by atoms with Crippen LogP contribution in [0, 0.1) is 0 Å². The molecule has 1 fully saturated rings. The largest absolute Gasteiger partial charge is 0.444 e. The standard InChI is InChI=1S/C30H36ClN7O4/c1-30(2,3)42-29(41)33-23-13-11-22(12-14-23)32-28(40)25(17-19-7-5-4-6-8-19)34-26(39)16-9-20-18-21(31)10-15-24(20)27-35-37-38-36-27/h4-10,15-16,18,22-23,25H,11-14,17H2,1-3H3,(H,32,40)(H,33,41)(H,34,39)(H,35,36,37,38)/b16-9+/t22?,23?,25-/m0/s1. The Labute approximate surface area is 249 Å². The summed E-state index contributed by atoms with van der Waals surface area (Å²) in [6, 6.07) is 13.8. The number of aromatic amines is 1. The number of ether oxygens (including phenoxy) is 1. The molecule has 2 aromatic carbocycles. The summed E-state index contributed by atoms with van der Waals surface area (Å²) >= 11 is 6.18. The number of aromatic nitrogens is 4. The minimum absolute atomic E-state index is 0.0122. The topological polar surface area (TPSA) is 151 Å². The Hall–Kier alpha value is -4.25. The number of nitrogens with one attached hydrogen (secondary N) is 4. The van der Waals surface area contributed by atoms with E-state index < -0.39 is 23.6 Å². The van der Waals surface area contributed by atoms with Gasteiger partial charge in [0.25, 0.3) is 0 Å². The van der Waals surface area contributed by atoms with E-state index in [1.54, 1.807) is 24.3 Å². The number of benzene rings is 2. The molecule has 12 heteroatoms. The van der Waals surface area contributed by atoms with E-state index >= 15 is 0 Å². The van der Waals surface area contributed by atoms with Crippen LogP contribution in [0.1, 0.15) is 57.6 Å². The number of tetrazole rings is 1. The van der Waals surface area contributed by atoms with Gasteiger partial charge in [0.2, 0.25) is 17.6 Å². The Bertz CT molecular complexity index is 1380. The molecule has 3 amide bonds. The molecule has 222 valence electrons. The van der Waals surface area contributed by atoms with Crippen LogP contribution < -0.4 is 16.0 Å². The molecule has 4 N–H and O–H groups in total. The quantitative estimate of drug-likeness (QED) is 0.271. The summed E-state index contributed by atoms with van der Waals surface area (Å²) in [5.74, 6) is -0.334. The van der Waals surface area contributed by atoms with Crippen LogP contribution in [0.15, 0.2) is 54.6 Å². The maximum Gasteiger partial charge on any atom is 0.407 e. The Kier molecular flexibility index (Phi) is 10.3. The molecule has 1 atom stereocenters. The van der Waals surface area contributed by atoms with Crippen LogP contribution in [0.4, 0.5) is 4.79 Å². The number of carbonyl (C=O) groups is 3. The molecule has 1 aliphatic carbocycles. The van der Waals surface area contributed by atoms with Gasteiger partial charge in [0, 0.05) is 35.2 Å². The fourth-order valence-corrected chi connectivity index (χ4v) is 4.93. The van der Waals surface area contributed by atoms with Crippen molar-refractivity contribution in [3.63, 3.8) is 0 Å². The predicted molar refractivity (Wildman–Crippen MR) is 159 cm³/mol. The first-order valence-corrected chi connectivity index (χ1v) is 14.3. The molecule has 3 aromatic rings.